The fourth-order valence-corrected chi connectivity index (χ4v) is 2.97. The molecule has 0 amide bonds. The van der Waals surface area contributed by atoms with Crippen molar-refractivity contribution in [1.82, 2.24) is 0 Å². The molecule has 0 saturated carbocycles. The summed E-state index contributed by atoms with van der Waals surface area (Å²) in [6, 6.07) is 0. The van der Waals surface area contributed by atoms with E-state index in [1.54, 1.807) is 0 Å². The van der Waals surface area contributed by atoms with Crippen LogP contribution in [0, 0.1) is 0 Å². The highest BCUT2D eigenvalue weighted by molar-refractivity contribution is 6.36. The first-order chi connectivity index (χ1) is 16.1. The number of rotatable bonds is 15. The minimum Gasteiger partial charge on any atom is -0.311 e. The molecule has 0 rings (SSSR count). The van der Waals surface area contributed by atoms with Crippen molar-refractivity contribution in [3.8, 4) is 0 Å². The van der Waals surface area contributed by atoms with E-state index in [-0.39, 0.29) is 0 Å². The lowest BCUT2D eigenvalue weighted by Gasteiger charge is -2.36. The van der Waals surface area contributed by atoms with Gasteiger partial charge in [-0.25, -0.2) is 39.5 Å². The molecule has 3 unspecified atom stereocenters. The van der Waals surface area contributed by atoms with E-state index >= 15 is 0 Å². The van der Waals surface area contributed by atoms with Crippen LogP contribution in [0.4, 0.5) is 92.2 Å². The van der Waals surface area contributed by atoms with Crippen LogP contribution in [0.5, 0.6) is 0 Å². The van der Waals surface area contributed by atoms with Gasteiger partial charge in [-0.05, 0) is 0 Å². The maximum Gasteiger partial charge on any atom is 0.497 e. The van der Waals surface area contributed by atoms with Crippen LogP contribution in [-0.2, 0) is 13.3 Å². The molecule has 25 heteroatoms. The highest BCUT2D eigenvalue weighted by atomic mass is 28.3. The van der Waals surface area contributed by atoms with Crippen molar-refractivity contribution in [3.63, 3.8) is 0 Å². The molecule has 0 aromatic rings. The van der Waals surface area contributed by atoms with Crippen molar-refractivity contribution in [2.45, 2.75) is 73.9 Å². The van der Waals surface area contributed by atoms with Gasteiger partial charge < -0.3 is 13.3 Å². The zero-order valence-corrected chi connectivity index (χ0v) is 17.4. The standard InChI is InChI=1S/C12H7F21O3Si/c13-1(4(16)17)7(22,23)10(28,29)34-37(35-11(30,31)8(24,25)2(14)5(18)19)36-12(32,33)9(26,27)3(15)6(20)21/h1-6,37H. The molecule has 3 atom stereocenters. The van der Waals surface area contributed by atoms with E-state index in [9.17, 15) is 92.2 Å². The summed E-state index contributed by atoms with van der Waals surface area (Å²) in [4.78, 5) is 0. The summed E-state index contributed by atoms with van der Waals surface area (Å²) in [6.45, 7) is 0. The summed E-state index contributed by atoms with van der Waals surface area (Å²) in [5.74, 6) is -21.2. The first-order valence-electron chi connectivity index (χ1n) is 8.17. The van der Waals surface area contributed by atoms with Crippen LogP contribution >= 0.6 is 0 Å². The van der Waals surface area contributed by atoms with E-state index in [4.69, 9.17) is 0 Å². The Bertz CT molecular complexity index is 636. The largest absolute Gasteiger partial charge is 0.497 e. The average molecular weight is 626 g/mol. The smallest absolute Gasteiger partial charge is 0.311 e. The molecular weight excluding hydrogens is 619 g/mol. The molecule has 0 aromatic heterocycles. The molecule has 0 fully saturated rings. The van der Waals surface area contributed by atoms with Gasteiger partial charge in [-0.1, -0.05) is 0 Å². The molecule has 0 aliphatic heterocycles. The average Bonchev–Trinajstić information content (AvgIpc) is 2.69. The summed E-state index contributed by atoms with van der Waals surface area (Å²) < 4.78 is 277. The van der Waals surface area contributed by atoms with Gasteiger partial charge in [0.1, 0.15) is 0 Å². The molecule has 0 spiro atoms. The van der Waals surface area contributed by atoms with Crippen molar-refractivity contribution in [2.75, 3.05) is 0 Å². The summed E-state index contributed by atoms with van der Waals surface area (Å²) in [6.07, 6.45) is -53.4. The van der Waals surface area contributed by atoms with E-state index < -0.39 is 83.4 Å². The van der Waals surface area contributed by atoms with Gasteiger partial charge in [0.15, 0.2) is 0 Å². The molecule has 224 valence electrons. The second kappa shape index (κ2) is 11.4. The molecule has 0 aliphatic carbocycles. The summed E-state index contributed by atoms with van der Waals surface area (Å²) in [5, 5.41) is 0. The van der Waals surface area contributed by atoms with Gasteiger partial charge in [-0.15, -0.1) is 0 Å². The van der Waals surface area contributed by atoms with Crippen LogP contribution in [-0.4, -0.2) is 83.4 Å². The van der Waals surface area contributed by atoms with E-state index in [1.807, 2.05) is 0 Å². The molecule has 37 heavy (non-hydrogen) atoms. The Kier molecular flexibility index (Phi) is 11.0. The van der Waals surface area contributed by atoms with Crippen molar-refractivity contribution < 1.29 is 105 Å². The Morgan fingerprint density at radius 1 is 0.351 bits per heavy atom. The minimum atomic E-state index is -7.55. The Morgan fingerprint density at radius 3 is 0.649 bits per heavy atom. The first-order valence-corrected chi connectivity index (χ1v) is 9.58. The SMILES string of the molecule is FC(F)C(F)C(F)(F)C(F)(F)O[SiH](OC(F)(F)C(F)(F)C(F)C(F)F)OC(F)(F)C(F)(F)C(F)C(F)F. The van der Waals surface area contributed by atoms with Crippen molar-refractivity contribution >= 4 is 9.53 Å². The number of hydrogen-bond donors (Lipinski definition) is 0. The molecule has 0 N–H and O–H groups in total. The highest BCUT2D eigenvalue weighted by Crippen LogP contribution is 2.47. The third-order valence-electron chi connectivity index (χ3n) is 3.60. The molecule has 0 bridgehead atoms. The van der Waals surface area contributed by atoms with E-state index in [0.29, 0.717) is 0 Å². The second-order valence-corrected chi connectivity index (χ2v) is 7.55. The number of hydrogen-bond acceptors (Lipinski definition) is 3. The molecule has 0 aromatic carbocycles. The Hall–Kier alpha value is -1.37. The lowest BCUT2D eigenvalue weighted by Crippen LogP contribution is -2.61. The molecular formula is C12H7F21O3Si. The summed E-state index contributed by atoms with van der Waals surface area (Å²) >= 11 is 0. The fraction of sp³-hybridized carbons (Fsp3) is 1.00. The predicted molar refractivity (Wildman–Crippen MR) is 72.8 cm³/mol. The lowest BCUT2D eigenvalue weighted by molar-refractivity contribution is -0.393. The molecule has 3 nitrogen and oxygen atoms in total. The van der Waals surface area contributed by atoms with Gasteiger partial charge >= 0.3 is 45.6 Å². The van der Waals surface area contributed by atoms with Gasteiger partial charge in [0.25, 0.3) is 19.3 Å². The van der Waals surface area contributed by atoms with E-state index in [2.05, 4.69) is 13.3 Å². The third kappa shape index (κ3) is 7.39. The van der Waals surface area contributed by atoms with Crippen molar-refractivity contribution in [3.05, 3.63) is 0 Å². The number of halogens is 21. The van der Waals surface area contributed by atoms with Crippen LogP contribution in [0.2, 0.25) is 0 Å². The number of alkyl halides is 21. The quantitative estimate of drug-likeness (QED) is 0.159. The van der Waals surface area contributed by atoms with Crippen LogP contribution in [0.25, 0.3) is 0 Å². The first kappa shape index (κ1) is 35.6. The van der Waals surface area contributed by atoms with Crippen molar-refractivity contribution in [2.24, 2.45) is 0 Å². The Balaban J connectivity index is 6.59. The normalized spacial score (nSPS) is 18.5. The molecule has 0 aliphatic rings. The van der Waals surface area contributed by atoms with Gasteiger partial charge in [-0.3, -0.25) is 0 Å². The van der Waals surface area contributed by atoms with Crippen LogP contribution in [0.1, 0.15) is 0 Å². The van der Waals surface area contributed by atoms with E-state index in [0.717, 1.165) is 0 Å². The van der Waals surface area contributed by atoms with Crippen molar-refractivity contribution in [1.29, 1.82) is 0 Å². The van der Waals surface area contributed by atoms with Gasteiger partial charge in [0.05, 0.1) is 0 Å². The van der Waals surface area contributed by atoms with Gasteiger partial charge in [0, 0.05) is 0 Å². The fourth-order valence-electron chi connectivity index (χ4n) is 1.63. The topological polar surface area (TPSA) is 27.7 Å². The second-order valence-electron chi connectivity index (χ2n) is 6.27. The zero-order valence-electron chi connectivity index (χ0n) is 16.2. The molecule has 0 heterocycles. The van der Waals surface area contributed by atoms with Gasteiger partial charge in [0.2, 0.25) is 18.5 Å². The third-order valence-corrected chi connectivity index (χ3v) is 5.07. The summed E-state index contributed by atoms with van der Waals surface area (Å²) in [7, 11) is -7.55. The van der Waals surface area contributed by atoms with E-state index in [1.165, 1.54) is 0 Å². The molecule has 0 radical (unpaired) electrons. The van der Waals surface area contributed by atoms with Gasteiger partial charge in [-0.2, -0.15) is 52.7 Å². The van der Waals surface area contributed by atoms with Crippen LogP contribution in [0.15, 0.2) is 0 Å². The lowest BCUT2D eigenvalue weighted by atomic mass is 10.2. The minimum absolute atomic E-state index is 2.21. The monoisotopic (exact) mass is 626 g/mol. The maximum absolute atomic E-state index is 13.5. The maximum atomic E-state index is 13.5. The van der Waals surface area contributed by atoms with Crippen LogP contribution in [0.3, 0.4) is 0 Å². The Labute approximate surface area is 190 Å². The van der Waals surface area contributed by atoms with Crippen LogP contribution < -0.4 is 0 Å². The Morgan fingerprint density at radius 2 is 0.514 bits per heavy atom. The summed E-state index contributed by atoms with van der Waals surface area (Å²) in [5.41, 5.74) is 0. The molecule has 0 saturated heterocycles. The predicted octanol–water partition coefficient (Wildman–Crippen LogP) is 6.25. The zero-order chi connectivity index (χ0) is 30.2. The highest BCUT2D eigenvalue weighted by Gasteiger charge is 2.73.